The molecule has 2 N–H and O–H groups in total. The zero-order valence-electron chi connectivity index (χ0n) is 9.66. The number of nitrogen functional groups attached to an aromatic ring is 1. The summed E-state index contributed by atoms with van der Waals surface area (Å²) in [5.41, 5.74) is 6.90. The van der Waals surface area contributed by atoms with Gasteiger partial charge in [0.15, 0.2) is 0 Å². The second-order valence-electron chi connectivity index (χ2n) is 3.72. The number of nitrogens with two attached hydrogens (primary N) is 1. The topological polar surface area (TPSA) is 51.8 Å². The minimum atomic E-state index is 0.624. The second kappa shape index (κ2) is 5.95. The summed E-state index contributed by atoms with van der Waals surface area (Å²) in [5, 5.41) is 1.05. The van der Waals surface area contributed by atoms with Gasteiger partial charge in [0.1, 0.15) is 17.2 Å². The van der Waals surface area contributed by atoms with Gasteiger partial charge in [-0.1, -0.05) is 27.2 Å². The van der Waals surface area contributed by atoms with Crippen LogP contribution in [0.3, 0.4) is 0 Å². The van der Waals surface area contributed by atoms with Gasteiger partial charge in [-0.05, 0) is 12.3 Å². The van der Waals surface area contributed by atoms with Crippen LogP contribution in [0.1, 0.15) is 32.8 Å². The number of nitrogens with zero attached hydrogens (tertiary/aromatic N) is 2. The van der Waals surface area contributed by atoms with Crippen LogP contribution < -0.4 is 5.73 Å². The quantitative estimate of drug-likeness (QED) is 0.618. The fraction of sp³-hybridized carbons (Fsp3) is 0.636. The third kappa shape index (κ3) is 3.38. The molecule has 0 saturated carbocycles. The lowest BCUT2D eigenvalue weighted by Gasteiger charge is -2.10. The Morgan fingerprint density at radius 1 is 1.40 bits per heavy atom. The number of anilines is 1. The van der Waals surface area contributed by atoms with Crippen molar-refractivity contribution < 1.29 is 0 Å². The summed E-state index contributed by atoms with van der Waals surface area (Å²) in [6, 6.07) is 0. The highest BCUT2D eigenvalue weighted by molar-refractivity contribution is 7.99. The third-order valence-corrected chi connectivity index (χ3v) is 3.86. The van der Waals surface area contributed by atoms with Crippen molar-refractivity contribution in [2.24, 2.45) is 5.92 Å². The van der Waals surface area contributed by atoms with Crippen molar-refractivity contribution in [3.63, 3.8) is 0 Å². The molecule has 0 spiro atoms. The van der Waals surface area contributed by atoms with E-state index in [9.17, 15) is 0 Å². The van der Waals surface area contributed by atoms with Gasteiger partial charge in [0.2, 0.25) is 0 Å². The number of thioether (sulfide) groups is 1. The van der Waals surface area contributed by atoms with Gasteiger partial charge in [0, 0.05) is 11.3 Å². The van der Waals surface area contributed by atoms with Crippen molar-refractivity contribution in [3.05, 3.63) is 11.9 Å². The van der Waals surface area contributed by atoms with Crippen LogP contribution in [0.15, 0.2) is 11.4 Å². The fourth-order valence-electron chi connectivity index (χ4n) is 1.20. The Balaban J connectivity index is 2.72. The number of hydrogen-bond acceptors (Lipinski definition) is 4. The first kappa shape index (κ1) is 12.3. The summed E-state index contributed by atoms with van der Waals surface area (Å²) in [7, 11) is 0. The molecule has 0 radical (unpaired) electrons. The SMILES string of the molecule is CCc1c(N)ncnc1SCC(C)CC. The van der Waals surface area contributed by atoms with Crippen molar-refractivity contribution in [1.29, 1.82) is 0 Å². The van der Waals surface area contributed by atoms with Gasteiger partial charge in [-0.2, -0.15) is 0 Å². The molecule has 0 aliphatic heterocycles. The molecule has 0 bridgehead atoms. The fourth-order valence-corrected chi connectivity index (χ4v) is 2.43. The van der Waals surface area contributed by atoms with Gasteiger partial charge in [-0.3, -0.25) is 0 Å². The highest BCUT2D eigenvalue weighted by atomic mass is 32.2. The van der Waals surface area contributed by atoms with E-state index in [1.807, 2.05) is 0 Å². The molecule has 1 aromatic heterocycles. The molecule has 84 valence electrons. The molecule has 1 unspecified atom stereocenters. The van der Waals surface area contributed by atoms with Crippen LogP contribution in [0, 0.1) is 5.92 Å². The molecule has 0 saturated heterocycles. The Labute approximate surface area is 95.9 Å². The van der Waals surface area contributed by atoms with E-state index >= 15 is 0 Å². The highest BCUT2D eigenvalue weighted by Gasteiger charge is 2.09. The first-order valence-electron chi connectivity index (χ1n) is 5.41. The van der Waals surface area contributed by atoms with Crippen LogP contribution >= 0.6 is 11.8 Å². The van der Waals surface area contributed by atoms with Gasteiger partial charge >= 0.3 is 0 Å². The van der Waals surface area contributed by atoms with E-state index in [0.717, 1.165) is 28.7 Å². The van der Waals surface area contributed by atoms with E-state index in [1.165, 1.54) is 6.42 Å². The van der Waals surface area contributed by atoms with Gasteiger partial charge in [-0.15, -0.1) is 11.8 Å². The van der Waals surface area contributed by atoms with Crippen LogP contribution in [0.25, 0.3) is 0 Å². The first-order chi connectivity index (χ1) is 7.19. The molecule has 0 aliphatic carbocycles. The molecular weight excluding hydrogens is 206 g/mol. The molecule has 4 heteroatoms. The molecule has 1 rings (SSSR count). The van der Waals surface area contributed by atoms with Crippen LogP contribution in [0.4, 0.5) is 5.82 Å². The third-order valence-electron chi connectivity index (χ3n) is 2.49. The molecule has 0 aliphatic rings. The van der Waals surface area contributed by atoms with Crippen LogP contribution in [-0.2, 0) is 6.42 Å². The lowest BCUT2D eigenvalue weighted by Crippen LogP contribution is -2.02. The standard InChI is InChI=1S/C11H19N3S/c1-4-8(3)6-15-11-9(5-2)10(12)13-7-14-11/h7-8H,4-6H2,1-3H3,(H2,12,13,14). The average Bonchev–Trinajstić information content (AvgIpc) is 2.25. The number of aromatic nitrogens is 2. The van der Waals surface area contributed by atoms with Crippen molar-refractivity contribution >= 4 is 17.6 Å². The van der Waals surface area contributed by atoms with Crippen molar-refractivity contribution in [2.75, 3.05) is 11.5 Å². The van der Waals surface area contributed by atoms with Crippen LogP contribution in [-0.4, -0.2) is 15.7 Å². The summed E-state index contributed by atoms with van der Waals surface area (Å²) in [5.74, 6) is 2.44. The maximum absolute atomic E-state index is 5.81. The van der Waals surface area contributed by atoms with E-state index in [1.54, 1.807) is 18.1 Å². The first-order valence-corrected chi connectivity index (χ1v) is 6.39. The number of hydrogen-bond donors (Lipinski definition) is 1. The Morgan fingerprint density at radius 3 is 2.73 bits per heavy atom. The normalized spacial score (nSPS) is 12.7. The van der Waals surface area contributed by atoms with Gasteiger partial charge in [0.05, 0.1) is 0 Å². The van der Waals surface area contributed by atoms with Crippen LogP contribution in [0.2, 0.25) is 0 Å². The molecule has 1 heterocycles. The smallest absolute Gasteiger partial charge is 0.131 e. The largest absolute Gasteiger partial charge is 0.383 e. The summed E-state index contributed by atoms with van der Waals surface area (Å²) >= 11 is 1.79. The maximum Gasteiger partial charge on any atom is 0.131 e. The summed E-state index contributed by atoms with van der Waals surface area (Å²) < 4.78 is 0. The lowest BCUT2D eigenvalue weighted by atomic mass is 10.2. The predicted molar refractivity (Wildman–Crippen MR) is 66.0 cm³/mol. The molecule has 0 amide bonds. The lowest BCUT2D eigenvalue weighted by molar-refractivity contribution is 0.636. The minimum Gasteiger partial charge on any atom is -0.383 e. The molecule has 3 nitrogen and oxygen atoms in total. The molecule has 0 aromatic carbocycles. The average molecular weight is 225 g/mol. The van der Waals surface area contributed by atoms with Crippen molar-refractivity contribution in [3.8, 4) is 0 Å². The van der Waals surface area contributed by atoms with E-state index in [0.29, 0.717) is 5.82 Å². The number of rotatable bonds is 5. The Hall–Kier alpha value is -0.770. The highest BCUT2D eigenvalue weighted by Crippen LogP contribution is 2.25. The van der Waals surface area contributed by atoms with Gasteiger partial charge < -0.3 is 5.73 Å². The van der Waals surface area contributed by atoms with Crippen LogP contribution in [0.5, 0.6) is 0 Å². The van der Waals surface area contributed by atoms with Crippen molar-refractivity contribution in [1.82, 2.24) is 9.97 Å². The Bertz CT molecular complexity index is 315. The van der Waals surface area contributed by atoms with Crippen molar-refractivity contribution in [2.45, 2.75) is 38.6 Å². The van der Waals surface area contributed by atoms with E-state index in [-0.39, 0.29) is 0 Å². The van der Waals surface area contributed by atoms with E-state index in [4.69, 9.17) is 5.73 Å². The summed E-state index contributed by atoms with van der Waals surface area (Å²) in [4.78, 5) is 8.30. The minimum absolute atomic E-state index is 0.624. The summed E-state index contributed by atoms with van der Waals surface area (Å²) in [6.07, 6.45) is 3.65. The zero-order valence-corrected chi connectivity index (χ0v) is 10.5. The molecule has 1 aromatic rings. The molecule has 15 heavy (non-hydrogen) atoms. The van der Waals surface area contributed by atoms with E-state index < -0.39 is 0 Å². The Morgan fingerprint density at radius 2 is 2.13 bits per heavy atom. The zero-order chi connectivity index (χ0) is 11.3. The monoisotopic (exact) mass is 225 g/mol. The Kier molecular flexibility index (Phi) is 4.88. The molecule has 0 fully saturated rings. The summed E-state index contributed by atoms with van der Waals surface area (Å²) in [6.45, 7) is 6.55. The van der Waals surface area contributed by atoms with Gasteiger partial charge in [-0.25, -0.2) is 9.97 Å². The predicted octanol–water partition coefficient (Wildman–Crippen LogP) is 2.76. The molecule has 1 atom stereocenters. The van der Waals surface area contributed by atoms with Gasteiger partial charge in [0.25, 0.3) is 0 Å². The van der Waals surface area contributed by atoms with E-state index in [2.05, 4.69) is 30.7 Å². The molecular formula is C11H19N3S. The maximum atomic E-state index is 5.81. The second-order valence-corrected chi connectivity index (χ2v) is 4.73.